The Morgan fingerprint density at radius 1 is 1.33 bits per heavy atom. The first kappa shape index (κ1) is 11.9. The second-order valence-electron chi connectivity index (χ2n) is 3.54. The van der Waals surface area contributed by atoms with Crippen molar-refractivity contribution in [3.8, 4) is 11.9 Å². The van der Waals surface area contributed by atoms with Crippen LogP contribution in [-0.2, 0) is 5.92 Å². The normalized spacial score (nSPS) is 11.2. The molecule has 1 heterocycles. The standard InChI is InChI=1S/C12H7F2N3O/c1-2-12(13,14)10-11(18)17-9-5-7(6-15)3-4-8(9)16-10/h2-5H,1H2,(H,17,18). The number of rotatable bonds is 2. The van der Waals surface area contributed by atoms with Crippen LogP contribution in [-0.4, -0.2) is 15.1 Å². The Morgan fingerprint density at radius 2 is 2.06 bits per heavy atom. The predicted octanol–water partition coefficient (Wildman–Crippen LogP) is 2.48. The number of benzene rings is 1. The van der Waals surface area contributed by atoms with E-state index in [2.05, 4.69) is 16.5 Å². The van der Waals surface area contributed by atoms with E-state index < -0.39 is 17.5 Å². The molecule has 0 aliphatic heterocycles. The molecule has 18 heavy (non-hydrogen) atoms. The molecule has 0 fully saturated rings. The van der Waals surface area contributed by atoms with E-state index in [1.165, 1.54) is 18.2 Å². The summed E-state index contributed by atoms with van der Waals surface area (Å²) in [5.41, 5.74) is -0.201. The van der Waals surface area contributed by atoms with Crippen LogP contribution in [0.25, 0.3) is 11.0 Å². The Kier molecular flexibility index (Phi) is 2.67. The molecule has 2 rings (SSSR count). The van der Waals surface area contributed by atoms with Crippen LogP contribution < -0.4 is 0 Å². The number of fused-ring (bicyclic) bond motifs is 1. The number of aromatic nitrogens is 2. The third-order valence-corrected chi connectivity index (χ3v) is 2.35. The molecule has 90 valence electrons. The van der Waals surface area contributed by atoms with Gasteiger partial charge in [-0.1, -0.05) is 6.58 Å². The van der Waals surface area contributed by atoms with Crippen LogP contribution >= 0.6 is 0 Å². The maximum Gasteiger partial charge on any atom is 0.313 e. The van der Waals surface area contributed by atoms with Crippen LogP contribution in [0.1, 0.15) is 11.3 Å². The maximum absolute atomic E-state index is 13.4. The van der Waals surface area contributed by atoms with Crippen LogP contribution in [0, 0.1) is 11.3 Å². The molecule has 0 saturated heterocycles. The minimum atomic E-state index is -3.46. The third-order valence-electron chi connectivity index (χ3n) is 2.35. The van der Waals surface area contributed by atoms with Crippen molar-refractivity contribution < 1.29 is 13.9 Å². The van der Waals surface area contributed by atoms with Crippen LogP contribution in [0.4, 0.5) is 8.78 Å². The fourth-order valence-electron chi connectivity index (χ4n) is 1.43. The topological polar surface area (TPSA) is 69.8 Å². The molecule has 0 radical (unpaired) electrons. The average Bonchev–Trinajstić information content (AvgIpc) is 2.37. The molecule has 4 nitrogen and oxygen atoms in total. The number of nitriles is 1. The van der Waals surface area contributed by atoms with Gasteiger partial charge in [-0.3, -0.25) is 0 Å². The highest BCUT2D eigenvalue weighted by atomic mass is 19.3. The summed E-state index contributed by atoms with van der Waals surface area (Å²) in [4.78, 5) is 7.26. The molecule has 0 bridgehead atoms. The highest BCUT2D eigenvalue weighted by Gasteiger charge is 2.33. The summed E-state index contributed by atoms with van der Waals surface area (Å²) in [6.45, 7) is 2.99. The van der Waals surface area contributed by atoms with E-state index in [0.29, 0.717) is 11.6 Å². The van der Waals surface area contributed by atoms with Crippen molar-refractivity contribution in [3.63, 3.8) is 0 Å². The molecule has 0 saturated carbocycles. The number of nitrogens with zero attached hydrogens (tertiary/aromatic N) is 3. The Hall–Kier alpha value is -2.55. The zero-order valence-electron chi connectivity index (χ0n) is 9.06. The highest BCUT2D eigenvalue weighted by Crippen LogP contribution is 2.33. The van der Waals surface area contributed by atoms with Gasteiger partial charge in [-0.25, -0.2) is 9.97 Å². The van der Waals surface area contributed by atoms with Gasteiger partial charge in [-0.15, -0.1) is 0 Å². The highest BCUT2D eigenvalue weighted by molar-refractivity contribution is 5.76. The summed E-state index contributed by atoms with van der Waals surface area (Å²) < 4.78 is 26.8. The number of aromatic hydroxyl groups is 1. The summed E-state index contributed by atoms with van der Waals surface area (Å²) in [7, 11) is 0. The van der Waals surface area contributed by atoms with Gasteiger partial charge >= 0.3 is 5.92 Å². The van der Waals surface area contributed by atoms with Gasteiger partial charge in [0.15, 0.2) is 5.69 Å². The summed E-state index contributed by atoms with van der Waals surface area (Å²) in [5, 5.41) is 18.1. The number of hydrogen-bond donors (Lipinski definition) is 1. The second-order valence-corrected chi connectivity index (χ2v) is 3.54. The lowest BCUT2D eigenvalue weighted by molar-refractivity contribution is 0.0445. The van der Waals surface area contributed by atoms with Crippen molar-refractivity contribution in [1.82, 2.24) is 9.97 Å². The van der Waals surface area contributed by atoms with Gasteiger partial charge in [0, 0.05) is 0 Å². The maximum atomic E-state index is 13.4. The monoisotopic (exact) mass is 247 g/mol. The Morgan fingerprint density at radius 3 is 2.67 bits per heavy atom. The van der Waals surface area contributed by atoms with Gasteiger partial charge in [0.25, 0.3) is 0 Å². The molecule has 0 atom stereocenters. The van der Waals surface area contributed by atoms with E-state index in [9.17, 15) is 13.9 Å². The molecule has 1 aromatic heterocycles. The van der Waals surface area contributed by atoms with Crippen molar-refractivity contribution in [3.05, 3.63) is 42.1 Å². The lowest BCUT2D eigenvalue weighted by atomic mass is 10.2. The smallest absolute Gasteiger partial charge is 0.313 e. The molecule has 2 aromatic rings. The van der Waals surface area contributed by atoms with Gasteiger partial charge in [0.05, 0.1) is 22.7 Å². The van der Waals surface area contributed by atoms with Gasteiger partial charge in [0.2, 0.25) is 5.88 Å². The quantitative estimate of drug-likeness (QED) is 0.827. The fraction of sp³-hybridized carbons (Fsp3) is 0.0833. The molecule has 1 N–H and O–H groups in total. The molecule has 6 heteroatoms. The zero-order chi connectivity index (χ0) is 13.3. The minimum absolute atomic E-state index is 0.170. The number of halogens is 2. The molecule has 0 amide bonds. The first-order valence-corrected chi connectivity index (χ1v) is 4.90. The Labute approximate surface area is 101 Å². The summed E-state index contributed by atoms with van der Waals surface area (Å²) >= 11 is 0. The fourth-order valence-corrected chi connectivity index (χ4v) is 1.43. The van der Waals surface area contributed by atoms with Crippen LogP contribution in [0.15, 0.2) is 30.9 Å². The number of hydrogen-bond acceptors (Lipinski definition) is 4. The van der Waals surface area contributed by atoms with Crippen molar-refractivity contribution in [2.45, 2.75) is 5.92 Å². The summed E-state index contributed by atoms with van der Waals surface area (Å²) in [6, 6.07) is 6.07. The third kappa shape index (κ3) is 1.86. The van der Waals surface area contributed by atoms with E-state index in [1.807, 2.05) is 6.07 Å². The number of allylic oxidation sites excluding steroid dienone is 1. The van der Waals surface area contributed by atoms with Gasteiger partial charge in [-0.2, -0.15) is 14.0 Å². The molecule has 0 aliphatic carbocycles. The Bertz CT molecular complexity index is 677. The second kappa shape index (κ2) is 4.04. The van der Waals surface area contributed by atoms with Crippen LogP contribution in [0.5, 0.6) is 5.88 Å². The molecule has 1 aromatic carbocycles. The Balaban J connectivity index is 2.71. The SMILES string of the molecule is C=CC(F)(F)c1nc2ccc(C#N)cc2nc1O. The van der Waals surface area contributed by atoms with Gasteiger partial charge in [0.1, 0.15) is 0 Å². The first-order valence-electron chi connectivity index (χ1n) is 4.90. The molecular formula is C12H7F2N3O. The zero-order valence-corrected chi connectivity index (χ0v) is 9.06. The van der Waals surface area contributed by atoms with Gasteiger partial charge in [-0.05, 0) is 24.3 Å². The number of alkyl halides is 2. The van der Waals surface area contributed by atoms with Gasteiger partial charge < -0.3 is 5.11 Å². The van der Waals surface area contributed by atoms with Crippen LogP contribution in [0.3, 0.4) is 0 Å². The lowest BCUT2D eigenvalue weighted by Crippen LogP contribution is -2.12. The van der Waals surface area contributed by atoms with E-state index in [4.69, 9.17) is 5.26 Å². The lowest BCUT2D eigenvalue weighted by Gasteiger charge is -2.12. The average molecular weight is 247 g/mol. The molecule has 0 unspecified atom stereocenters. The van der Waals surface area contributed by atoms with E-state index in [0.717, 1.165) is 0 Å². The molecule has 0 spiro atoms. The van der Waals surface area contributed by atoms with Crippen molar-refractivity contribution in [1.29, 1.82) is 5.26 Å². The summed E-state index contributed by atoms with van der Waals surface area (Å²) in [6.07, 6.45) is 0.381. The minimum Gasteiger partial charge on any atom is -0.492 e. The van der Waals surface area contributed by atoms with Crippen molar-refractivity contribution in [2.24, 2.45) is 0 Å². The molecule has 0 aliphatic rings. The molecular weight excluding hydrogens is 240 g/mol. The summed E-state index contributed by atoms with van der Waals surface area (Å²) in [5.74, 6) is -4.33. The predicted molar refractivity (Wildman–Crippen MR) is 60.0 cm³/mol. The van der Waals surface area contributed by atoms with E-state index >= 15 is 0 Å². The van der Waals surface area contributed by atoms with Crippen molar-refractivity contribution in [2.75, 3.05) is 0 Å². The largest absolute Gasteiger partial charge is 0.492 e. The van der Waals surface area contributed by atoms with E-state index in [-0.39, 0.29) is 11.0 Å². The van der Waals surface area contributed by atoms with Crippen molar-refractivity contribution >= 4 is 11.0 Å². The van der Waals surface area contributed by atoms with E-state index in [1.54, 1.807) is 0 Å². The first-order chi connectivity index (χ1) is 8.47. The van der Waals surface area contributed by atoms with Crippen LogP contribution in [0.2, 0.25) is 0 Å².